The van der Waals surface area contributed by atoms with Crippen molar-refractivity contribution in [3.63, 3.8) is 0 Å². The second-order valence-corrected chi connectivity index (χ2v) is 2.74. The lowest BCUT2D eigenvalue weighted by Crippen LogP contribution is -2.32. The van der Waals surface area contributed by atoms with E-state index in [2.05, 4.69) is 5.32 Å². The van der Waals surface area contributed by atoms with Crippen molar-refractivity contribution in [3.05, 3.63) is 17.9 Å². The minimum atomic E-state index is -1.16. The average Bonchev–Trinajstić information content (AvgIpc) is 2.52. The number of carbonyl (C=O) groups is 2. The van der Waals surface area contributed by atoms with Crippen LogP contribution < -0.4 is 11.1 Å². The molecule has 0 bridgehead atoms. The van der Waals surface area contributed by atoms with Crippen LogP contribution in [-0.2, 0) is 4.79 Å². The monoisotopic (exact) mass is 198 g/mol. The number of primary amides is 1. The minimum Gasteiger partial charge on any atom is -0.475 e. The molecule has 0 aromatic carbocycles. The number of nitrogens with two attached hydrogens (primary N) is 1. The summed E-state index contributed by atoms with van der Waals surface area (Å²) in [6, 6.07) is 2.10. The van der Waals surface area contributed by atoms with E-state index in [4.69, 9.17) is 15.3 Å². The Morgan fingerprint density at radius 3 is 2.64 bits per heavy atom. The molecular weight excluding hydrogens is 188 g/mol. The average molecular weight is 198 g/mol. The molecule has 76 valence electrons. The number of nitrogens with one attached hydrogen (secondary N) is 1. The van der Waals surface area contributed by atoms with Gasteiger partial charge in [0.25, 0.3) is 0 Å². The van der Waals surface area contributed by atoms with Crippen LogP contribution in [0.25, 0.3) is 0 Å². The van der Waals surface area contributed by atoms with Gasteiger partial charge in [-0.3, -0.25) is 4.79 Å². The fourth-order valence-electron chi connectivity index (χ4n) is 0.815. The van der Waals surface area contributed by atoms with Crippen LogP contribution >= 0.6 is 0 Å². The molecule has 0 fully saturated rings. The van der Waals surface area contributed by atoms with Crippen molar-refractivity contribution < 1.29 is 19.1 Å². The fraction of sp³-hybridized carbons (Fsp3) is 0.250. The Morgan fingerprint density at radius 2 is 2.21 bits per heavy atom. The van der Waals surface area contributed by atoms with Crippen molar-refractivity contribution in [2.75, 3.05) is 5.32 Å². The Morgan fingerprint density at radius 1 is 1.57 bits per heavy atom. The number of aromatic carboxylic acids is 1. The molecule has 0 saturated heterocycles. The number of furan rings is 1. The highest BCUT2D eigenvalue weighted by Gasteiger charge is 2.12. The minimum absolute atomic E-state index is 0.191. The Kier molecular flexibility index (Phi) is 2.76. The Bertz CT molecular complexity index is 358. The summed E-state index contributed by atoms with van der Waals surface area (Å²) in [6.07, 6.45) is 0. The molecule has 1 aromatic rings. The van der Waals surface area contributed by atoms with Crippen molar-refractivity contribution >= 4 is 17.8 Å². The third-order valence-corrected chi connectivity index (χ3v) is 1.60. The number of hydrogen-bond donors (Lipinski definition) is 3. The first kappa shape index (κ1) is 10.1. The van der Waals surface area contributed by atoms with E-state index in [9.17, 15) is 9.59 Å². The van der Waals surface area contributed by atoms with Crippen molar-refractivity contribution in [3.8, 4) is 0 Å². The fourth-order valence-corrected chi connectivity index (χ4v) is 0.815. The zero-order valence-corrected chi connectivity index (χ0v) is 7.48. The lowest BCUT2D eigenvalue weighted by Gasteiger charge is -2.07. The van der Waals surface area contributed by atoms with Crippen molar-refractivity contribution in [1.29, 1.82) is 0 Å². The van der Waals surface area contributed by atoms with Crippen molar-refractivity contribution in [2.45, 2.75) is 13.0 Å². The smallest absolute Gasteiger partial charge is 0.371 e. The molecule has 0 aliphatic heterocycles. The molecule has 1 unspecified atom stereocenters. The summed E-state index contributed by atoms with van der Waals surface area (Å²) in [5.41, 5.74) is 4.99. The highest BCUT2D eigenvalue weighted by atomic mass is 16.4. The van der Waals surface area contributed by atoms with Crippen LogP contribution in [0, 0.1) is 0 Å². The Balaban J connectivity index is 2.69. The van der Waals surface area contributed by atoms with E-state index >= 15 is 0 Å². The van der Waals surface area contributed by atoms with Crippen LogP contribution in [0.4, 0.5) is 5.88 Å². The van der Waals surface area contributed by atoms with Gasteiger partial charge in [0, 0.05) is 6.07 Å². The largest absolute Gasteiger partial charge is 0.475 e. The molecular formula is C8H10N2O4. The molecule has 0 aliphatic carbocycles. The van der Waals surface area contributed by atoms with Gasteiger partial charge in [0.2, 0.25) is 11.7 Å². The number of carboxylic acid groups (broad SMARTS) is 1. The lowest BCUT2D eigenvalue weighted by atomic mass is 10.3. The van der Waals surface area contributed by atoms with Gasteiger partial charge < -0.3 is 20.6 Å². The third-order valence-electron chi connectivity index (χ3n) is 1.60. The van der Waals surface area contributed by atoms with Crippen LogP contribution in [0.3, 0.4) is 0 Å². The third kappa shape index (κ3) is 2.25. The summed E-state index contributed by atoms with van der Waals surface area (Å²) < 4.78 is 4.85. The molecule has 0 radical (unpaired) electrons. The molecule has 1 rings (SSSR count). The number of carbonyl (C=O) groups excluding carboxylic acids is 1. The topological polar surface area (TPSA) is 106 Å². The first-order chi connectivity index (χ1) is 6.50. The SMILES string of the molecule is CC(Nc1ccc(C(=O)O)o1)C(N)=O. The van der Waals surface area contributed by atoms with Gasteiger partial charge in [-0.05, 0) is 13.0 Å². The molecule has 6 heteroatoms. The molecule has 6 nitrogen and oxygen atoms in total. The van der Waals surface area contributed by atoms with E-state index in [1.54, 1.807) is 6.92 Å². The maximum Gasteiger partial charge on any atom is 0.371 e. The van der Waals surface area contributed by atoms with Crippen LogP contribution in [-0.4, -0.2) is 23.0 Å². The summed E-state index contributed by atoms with van der Waals surface area (Å²) in [4.78, 5) is 21.1. The highest BCUT2D eigenvalue weighted by Crippen LogP contribution is 2.13. The van der Waals surface area contributed by atoms with E-state index in [1.807, 2.05) is 0 Å². The van der Waals surface area contributed by atoms with E-state index in [1.165, 1.54) is 12.1 Å². The molecule has 4 N–H and O–H groups in total. The molecule has 0 saturated carbocycles. The maximum absolute atomic E-state index is 10.6. The first-order valence-electron chi connectivity index (χ1n) is 3.89. The number of hydrogen-bond acceptors (Lipinski definition) is 4. The second kappa shape index (κ2) is 3.82. The Hall–Kier alpha value is -1.98. The number of rotatable bonds is 4. The van der Waals surface area contributed by atoms with Crippen LogP contribution in [0.2, 0.25) is 0 Å². The van der Waals surface area contributed by atoms with Crippen LogP contribution in [0.15, 0.2) is 16.5 Å². The number of amides is 1. The van der Waals surface area contributed by atoms with E-state index in [0.717, 1.165) is 0 Å². The van der Waals surface area contributed by atoms with Crippen molar-refractivity contribution in [1.82, 2.24) is 0 Å². The summed E-state index contributed by atoms with van der Waals surface area (Å²) in [5, 5.41) is 11.1. The van der Waals surface area contributed by atoms with Crippen LogP contribution in [0.5, 0.6) is 0 Å². The summed E-state index contributed by atoms with van der Waals surface area (Å²) in [7, 11) is 0. The summed E-state index contributed by atoms with van der Waals surface area (Å²) in [6.45, 7) is 1.55. The first-order valence-corrected chi connectivity index (χ1v) is 3.89. The predicted octanol–water partition coefficient (Wildman–Crippen LogP) is 0.263. The predicted molar refractivity (Wildman–Crippen MR) is 47.9 cm³/mol. The second-order valence-electron chi connectivity index (χ2n) is 2.74. The zero-order chi connectivity index (χ0) is 10.7. The molecule has 1 amide bonds. The maximum atomic E-state index is 10.6. The van der Waals surface area contributed by atoms with E-state index in [-0.39, 0.29) is 11.6 Å². The molecule has 1 aromatic heterocycles. The van der Waals surface area contributed by atoms with Gasteiger partial charge in [0.15, 0.2) is 5.88 Å². The molecule has 0 spiro atoms. The normalized spacial score (nSPS) is 12.1. The van der Waals surface area contributed by atoms with Gasteiger partial charge in [-0.1, -0.05) is 0 Å². The number of anilines is 1. The van der Waals surface area contributed by atoms with Gasteiger partial charge >= 0.3 is 5.97 Å². The highest BCUT2D eigenvalue weighted by molar-refractivity contribution is 5.85. The standard InChI is InChI=1S/C8H10N2O4/c1-4(7(9)11)10-6-3-2-5(14-6)8(12)13/h2-4,10H,1H3,(H2,9,11)(H,12,13). The number of carboxylic acids is 1. The van der Waals surface area contributed by atoms with E-state index < -0.39 is 17.9 Å². The Labute approximate surface area is 79.7 Å². The quantitative estimate of drug-likeness (QED) is 0.643. The van der Waals surface area contributed by atoms with Crippen LogP contribution in [0.1, 0.15) is 17.5 Å². The van der Waals surface area contributed by atoms with Gasteiger partial charge in [0.1, 0.15) is 6.04 Å². The van der Waals surface area contributed by atoms with Gasteiger partial charge in [-0.2, -0.15) is 0 Å². The zero-order valence-electron chi connectivity index (χ0n) is 7.48. The summed E-state index contributed by atoms with van der Waals surface area (Å²) in [5.74, 6) is -1.69. The lowest BCUT2D eigenvalue weighted by molar-refractivity contribution is -0.118. The van der Waals surface area contributed by atoms with Gasteiger partial charge in [-0.15, -0.1) is 0 Å². The van der Waals surface area contributed by atoms with Crippen molar-refractivity contribution in [2.24, 2.45) is 5.73 Å². The molecule has 14 heavy (non-hydrogen) atoms. The van der Waals surface area contributed by atoms with Gasteiger partial charge in [0.05, 0.1) is 0 Å². The van der Waals surface area contributed by atoms with E-state index in [0.29, 0.717) is 0 Å². The molecule has 1 atom stereocenters. The van der Waals surface area contributed by atoms with Gasteiger partial charge in [-0.25, -0.2) is 4.79 Å². The summed E-state index contributed by atoms with van der Waals surface area (Å²) >= 11 is 0. The molecule has 1 heterocycles. The molecule has 0 aliphatic rings.